The molecule has 4 nitrogen and oxygen atoms in total. The molecule has 2 rings (SSSR count). The number of thiophene rings is 1. The fraction of sp³-hybridized carbons (Fsp3) is 0.333. The summed E-state index contributed by atoms with van der Waals surface area (Å²) in [5.41, 5.74) is 0.596. The average Bonchev–Trinajstić information content (AvgIpc) is 2.91. The molecule has 6 heteroatoms. The second kappa shape index (κ2) is 8.14. The highest BCUT2D eigenvalue weighted by Crippen LogP contribution is 2.22. The lowest BCUT2D eigenvalue weighted by molar-refractivity contribution is 0.0954. The zero-order chi connectivity index (χ0) is 15.1. The van der Waals surface area contributed by atoms with Crippen LogP contribution in [0.5, 0.6) is 0 Å². The number of hydrogen-bond donors (Lipinski definition) is 2. The van der Waals surface area contributed by atoms with Gasteiger partial charge in [-0.1, -0.05) is 6.92 Å². The summed E-state index contributed by atoms with van der Waals surface area (Å²) in [5.74, 6) is 0.563. The van der Waals surface area contributed by atoms with Crippen LogP contribution < -0.4 is 10.6 Å². The number of hydrogen-bond acceptors (Lipinski definition) is 4. The predicted molar refractivity (Wildman–Crippen MR) is 91.1 cm³/mol. The topological polar surface area (TPSA) is 54.0 Å². The largest absolute Gasteiger partial charge is 0.369 e. The third kappa shape index (κ3) is 4.82. The fourth-order valence-corrected chi connectivity index (χ4v) is 3.34. The van der Waals surface area contributed by atoms with Crippen LogP contribution in [0.2, 0.25) is 0 Å². The van der Waals surface area contributed by atoms with Crippen LogP contribution >= 0.6 is 27.3 Å². The van der Waals surface area contributed by atoms with Crippen LogP contribution in [-0.4, -0.2) is 24.0 Å². The van der Waals surface area contributed by atoms with Gasteiger partial charge in [0.15, 0.2) is 0 Å². The summed E-state index contributed by atoms with van der Waals surface area (Å²) in [7, 11) is 0. The lowest BCUT2D eigenvalue weighted by Gasteiger charge is -2.10. The van der Waals surface area contributed by atoms with Gasteiger partial charge in [0, 0.05) is 24.2 Å². The molecule has 2 N–H and O–H groups in total. The molecule has 2 heterocycles. The Morgan fingerprint density at radius 1 is 1.33 bits per heavy atom. The second-order valence-corrected chi connectivity index (χ2v) is 7.09. The molecule has 0 saturated carbocycles. The normalized spacial score (nSPS) is 10.4. The number of nitrogens with one attached hydrogen (secondary N) is 2. The summed E-state index contributed by atoms with van der Waals surface area (Å²) < 4.78 is 1.11. The molecule has 0 bridgehead atoms. The number of rotatable bonds is 7. The summed E-state index contributed by atoms with van der Waals surface area (Å²) in [5, 5.41) is 6.13. The molecule has 2 aromatic heterocycles. The molecule has 0 fully saturated rings. The van der Waals surface area contributed by atoms with Gasteiger partial charge in [-0.25, -0.2) is 4.98 Å². The van der Waals surface area contributed by atoms with Crippen LogP contribution in [0.15, 0.2) is 34.2 Å². The molecule has 0 spiro atoms. The molecule has 0 aliphatic heterocycles. The van der Waals surface area contributed by atoms with Crippen molar-refractivity contribution in [1.29, 1.82) is 0 Å². The first kappa shape index (κ1) is 16.0. The van der Waals surface area contributed by atoms with Crippen molar-refractivity contribution in [1.82, 2.24) is 10.3 Å². The Morgan fingerprint density at radius 2 is 2.19 bits per heavy atom. The SMILES string of the molecule is CCCNc1ncccc1C(=O)NCCc1ccc(Br)s1. The minimum absolute atomic E-state index is 0.0858. The molecule has 1 amide bonds. The Morgan fingerprint density at radius 3 is 2.90 bits per heavy atom. The summed E-state index contributed by atoms with van der Waals surface area (Å²) >= 11 is 5.13. The number of carbonyl (C=O) groups excluding carboxylic acids is 1. The first-order chi connectivity index (χ1) is 10.2. The summed E-state index contributed by atoms with van der Waals surface area (Å²) in [6, 6.07) is 7.67. The predicted octanol–water partition coefficient (Wildman–Crippen LogP) is 3.70. The second-order valence-electron chi connectivity index (χ2n) is 4.54. The van der Waals surface area contributed by atoms with Gasteiger partial charge in [0.05, 0.1) is 9.35 Å². The van der Waals surface area contributed by atoms with E-state index in [2.05, 4.69) is 44.5 Å². The van der Waals surface area contributed by atoms with Crippen molar-refractivity contribution in [3.63, 3.8) is 0 Å². The monoisotopic (exact) mass is 367 g/mol. The van der Waals surface area contributed by atoms with E-state index in [1.807, 2.05) is 6.07 Å². The summed E-state index contributed by atoms with van der Waals surface area (Å²) in [6.45, 7) is 3.50. The van der Waals surface area contributed by atoms with Gasteiger partial charge in [0.2, 0.25) is 0 Å². The molecule has 0 aliphatic rings. The van der Waals surface area contributed by atoms with Crippen LogP contribution in [0.1, 0.15) is 28.6 Å². The number of pyridine rings is 1. The number of amides is 1. The average molecular weight is 368 g/mol. The van der Waals surface area contributed by atoms with Gasteiger partial charge in [-0.3, -0.25) is 4.79 Å². The first-order valence-corrected chi connectivity index (χ1v) is 8.53. The maximum Gasteiger partial charge on any atom is 0.255 e. The highest BCUT2D eigenvalue weighted by Gasteiger charge is 2.11. The molecule has 0 unspecified atom stereocenters. The van der Waals surface area contributed by atoms with E-state index in [1.165, 1.54) is 4.88 Å². The van der Waals surface area contributed by atoms with Gasteiger partial charge in [-0.05, 0) is 53.0 Å². The smallest absolute Gasteiger partial charge is 0.255 e. The molecule has 0 aromatic carbocycles. The van der Waals surface area contributed by atoms with Gasteiger partial charge in [0.25, 0.3) is 5.91 Å². The van der Waals surface area contributed by atoms with Crippen LogP contribution in [0.3, 0.4) is 0 Å². The van der Waals surface area contributed by atoms with Gasteiger partial charge in [-0.2, -0.15) is 0 Å². The van der Waals surface area contributed by atoms with Crippen molar-refractivity contribution in [2.24, 2.45) is 0 Å². The molecule has 2 aromatic rings. The maximum absolute atomic E-state index is 12.2. The first-order valence-electron chi connectivity index (χ1n) is 6.92. The van der Waals surface area contributed by atoms with E-state index in [9.17, 15) is 4.79 Å². The number of carbonyl (C=O) groups is 1. The van der Waals surface area contributed by atoms with E-state index in [0.717, 1.165) is 23.2 Å². The lowest BCUT2D eigenvalue weighted by Crippen LogP contribution is -2.26. The number of nitrogens with zero attached hydrogens (tertiary/aromatic N) is 1. The Labute approximate surface area is 137 Å². The Balaban J connectivity index is 1.90. The van der Waals surface area contributed by atoms with E-state index in [4.69, 9.17) is 0 Å². The van der Waals surface area contributed by atoms with Crippen molar-refractivity contribution in [2.45, 2.75) is 19.8 Å². The third-order valence-electron chi connectivity index (χ3n) is 2.88. The molecular formula is C15H18BrN3OS. The Hall–Kier alpha value is -1.40. The van der Waals surface area contributed by atoms with Crippen LogP contribution in [0.4, 0.5) is 5.82 Å². The highest BCUT2D eigenvalue weighted by molar-refractivity contribution is 9.11. The number of aromatic nitrogens is 1. The van der Waals surface area contributed by atoms with Crippen LogP contribution in [0.25, 0.3) is 0 Å². The molecule has 0 atom stereocenters. The highest BCUT2D eigenvalue weighted by atomic mass is 79.9. The van der Waals surface area contributed by atoms with E-state index < -0.39 is 0 Å². The van der Waals surface area contributed by atoms with Gasteiger partial charge < -0.3 is 10.6 Å². The molecular weight excluding hydrogens is 350 g/mol. The quantitative estimate of drug-likeness (QED) is 0.784. The maximum atomic E-state index is 12.2. The van der Waals surface area contributed by atoms with E-state index in [0.29, 0.717) is 17.9 Å². The van der Waals surface area contributed by atoms with Crippen molar-refractivity contribution in [2.75, 3.05) is 18.4 Å². The minimum Gasteiger partial charge on any atom is -0.369 e. The van der Waals surface area contributed by atoms with Crippen LogP contribution in [0, 0.1) is 0 Å². The van der Waals surface area contributed by atoms with Crippen molar-refractivity contribution < 1.29 is 4.79 Å². The lowest BCUT2D eigenvalue weighted by atomic mass is 10.2. The Kier molecular flexibility index (Phi) is 6.20. The van der Waals surface area contributed by atoms with Crippen molar-refractivity contribution >= 4 is 39.0 Å². The van der Waals surface area contributed by atoms with Crippen molar-refractivity contribution in [3.05, 3.63) is 44.7 Å². The zero-order valence-electron chi connectivity index (χ0n) is 11.9. The van der Waals surface area contributed by atoms with E-state index >= 15 is 0 Å². The van der Waals surface area contributed by atoms with E-state index in [1.54, 1.807) is 29.7 Å². The zero-order valence-corrected chi connectivity index (χ0v) is 14.3. The Bertz CT molecular complexity index is 600. The minimum atomic E-state index is -0.0858. The van der Waals surface area contributed by atoms with Crippen molar-refractivity contribution in [3.8, 4) is 0 Å². The third-order valence-corrected chi connectivity index (χ3v) is 4.56. The molecule has 0 radical (unpaired) electrons. The summed E-state index contributed by atoms with van der Waals surface area (Å²) in [4.78, 5) is 17.7. The number of halogens is 1. The van der Waals surface area contributed by atoms with Gasteiger partial charge in [0.1, 0.15) is 5.82 Å². The molecule has 21 heavy (non-hydrogen) atoms. The molecule has 0 saturated heterocycles. The fourth-order valence-electron chi connectivity index (χ4n) is 1.85. The van der Waals surface area contributed by atoms with E-state index in [-0.39, 0.29) is 5.91 Å². The van der Waals surface area contributed by atoms with Gasteiger partial charge in [-0.15, -0.1) is 11.3 Å². The van der Waals surface area contributed by atoms with Gasteiger partial charge >= 0.3 is 0 Å². The molecule has 112 valence electrons. The summed E-state index contributed by atoms with van der Waals surface area (Å²) in [6.07, 6.45) is 3.52. The van der Waals surface area contributed by atoms with Crippen LogP contribution in [-0.2, 0) is 6.42 Å². The molecule has 0 aliphatic carbocycles. The number of anilines is 1. The standard InChI is InChI=1S/C15H18BrN3OS/c1-2-8-17-14-12(4-3-9-18-14)15(20)19-10-7-11-5-6-13(16)21-11/h3-6,9H,2,7-8,10H2,1H3,(H,17,18)(H,19,20).